The van der Waals surface area contributed by atoms with Gasteiger partial charge in [0.2, 0.25) is 0 Å². The van der Waals surface area contributed by atoms with E-state index in [0.29, 0.717) is 23.8 Å². The molecule has 1 aliphatic carbocycles. The van der Waals surface area contributed by atoms with Gasteiger partial charge in [-0.15, -0.1) is 0 Å². The van der Waals surface area contributed by atoms with Crippen molar-refractivity contribution in [2.45, 2.75) is 51.5 Å². The number of pyridine rings is 1. The highest BCUT2D eigenvalue weighted by Crippen LogP contribution is 2.33. The number of carbonyl (C=O) groups excluding carboxylic acids is 1. The average molecular weight is 276 g/mol. The molecule has 0 aromatic carbocycles. The molecule has 0 aliphatic heterocycles. The minimum atomic E-state index is -0.733. The molecule has 1 heterocycles. The average Bonchev–Trinajstić information content (AvgIpc) is 2.44. The Morgan fingerprint density at radius 3 is 3.05 bits per heavy atom. The standard InChI is InChI=1S/C16H24N2O2/c1-3-7-20-14-8-13(10-18-11-14)15(19)16(17)6-4-5-12(2)9-16/h8,10-12H,3-7,9,17H2,1-2H3. The number of ether oxygens (including phenoxy) is 1. The molecule has 1 aromatic rings. The van der Waals surface area contributed by atoms with E-state index in [9.17, 15) is 4.79 Å². The van der Waals surface area contributed by atoms with Crippen LogP contribution >= 0.6 is 0 Å². The Morgan fingerprint density at radius 1 is 1.55 bits per heavy atom. The van der Waals surface area contributed by atoms with Crippen molar-refractivity contribution < 1.29 is 9.53 Å². The SMILES string of the molecule is CCCOc1cncc(C(=O)C2(N)CCCC(C)C2)c1. The topological polar surface area (TPSA) is 65.2 Å². The van der Waals surface area contributed by atoms with Crippen molar-refractivity contribution in [2.24, 2.45) is 11.7 Å². The molecule has 0 radical (unpaired) electrons. The van der Waals surface area contributed by atoms with Crippen molar-refractivity contribution in [3.05, 3.63) is 24.0 Å². The third-order valence-corrected chi connectivity index (χ3v) is 3.93. The van der Waals surface area contributed by atoms with Crippen LogP contribution < -0.4 is 10.5 Å². The van der Waals surface area contributed by atoms with Crippen LogP contribution in [0.4, 0.5) is 0 Å². The van der Waals surface area contributed by atoms with Crippen LogP contribution in [0.1, 0.15) is 56.3 Å². The largest absolute Gasteiger partial charge is 0.492 e. The highest BCUT2D eigenvalue weighted by Gasteiger charge is 2.38. The molecule has 1 aromatic heterocycles. The first kappa shape index (κ1) is 15.0. The summed E-state index contributed by atoms with van der Waals surface area (Å²) in [6.07, 6.45) is 7.85. The third kappa shape index (κ3) is 3.37. The number of rotatable bonds is 5. The molecule has 1 aliphatic rings. The summed E-state index contributed by atoms with van der Waals surface area (Å²) in [5, 5.41) is 0. The number of nitrogens with zero attached hydrogens (tertiary/aromatic N) is 1. The van der Waals surface area contributed by atoms with E-state index >= 15 is 0 Å². The smallest absolute Gasteiger partial charge is 0.184 e. The van der Waals surface area contributed by atoms with Crippen LogP contribution in [0, 0.1) is 5.92 Å². The zero-order valence-electron chi connectivity index (χ0n) is 12.4. The van der Waals surface area contributed by atoms with Gasteiger partial charge in [0.1, 0.15) is 5.75 Å². The van der Waals surface area contributed by atoms with E-state index in [-0.39, 0.29) is 5.78 Å². The molecule has 0 spiro atoms. The number of hydrogen-bond donors (Lipinski definition) is 1. The lowest BCUT2D eigenvalue weighted by Gasteiger charge is -2.35. The molecule has 1 saturated carbocycles. The van der Waals surface area contributed by atoms with E-state index < -0.39 is 5.54 Å². The maximum atomic E-state index is 12.7. The molecule has 2 N–H and O–H groups in total. The molecule has 0 saturated heterocycles. The van der Waals surface area contributed by atoms with Crippen LogP contribution in [0.5, 0.6) is 5.75 Å². The summed E-state index contributed by atoms with van der Waals surface area (Å²) < 4.78 is 5.53. The maximum absolute atomic E-state index is 12.7. The lowest BCUT2D eigenvalue weighted by molar-refractivity contribution is 0.0818. The molecule has 110 valence electrons. The minimum absolute atomic E-state index is 0.00139. The van der Waals surface area contributed by atoms with Crippen molar-refractivity contribution in [1.29, 1.82) is 0 Å². The first-order valence-corrected chi connectivity index (χ1v) is 7.46. The van der Waals surface area contributed by atoms with Crippen molar-refractivity contribution in [3.63, 3.8) is 0 Å². The number of carbonyl (C=O) groups is 1. The zero-order chi connectivity index (χ0) is 14.6. The summed E-state index contributed by atoms with van der Waals surface area (Å²) in [7, 11) is 0. The Labute approximate surface area is 120 Å². The number of nitrogens with two attached hydrogens (primary N) is 1. The molecule has 4 heteroatoms. The summed E-state index contributed by atoms with van der Waals surface area (Å²) in [5.74, 6) is 1.15. The van der Waals surface area contributed by atoms with Crippen molar-refractivity contribution in [1.82, 2.24) is 4.98 Å². The Bertz CT molecular complexity index is 475. The molecule has 0 bridgehead atoms. The molecule has 2 rings (SSSR count). The van der Waals surface area contributed by atoms with Gasteiger partial charge in [0.25, 0.3) is 0 Å². The highest BCUT2D eigenvalue weighted by molar-refractivity contribution is 6.03. The van der Waals surface area contributed by atoms with Gasteiger partial charge in [0, 0.05) is 11.8 Å². The molecule has 20 heavy (non-hydrogen) atoms. The first-order chi connectivity index (χ1) is 9.55. The monoisotopic (exact) mass is 276 g/mol. The highest BCUT2D eigenvalue weighted by atomic mass is 16.5. The fraction of sp³-hybridized carbons (Fsp3) is 0.625. The molecular formula is C16H24N2O2. The lowest BCUT2D eigenvalue weighted by Crippen LogP contribution is -2.51. The van der Waals surface area contributed by atoms with Crippen molar-refractivity contribution in [3.8, 4) is 5.75 Å². The van der Waals surface area contributed by atoms with Gasteiger partial charge in [-0.3, -0.25) is 9.78 Å². The van der Waals surface area contributed by atoms with E-state index in [1.807, 2.05) is 6.92 Å². The molecule has 2 unspecified atom stereocenters. The van der Waals surface area contributed by atoms with Gasteiger partial charge in [0.05, 0.1) is 18.3 Å². The predicted octanol–water partition coefficient (Wildman–Crippen LogP) is 2.96. The van der Waals surface area contributed by atoms with Gasteiger partial charge >= 0.3 is 0 Å². The van der Waals surface area contributed by atoms with Gasteiger partial charge < -0.3 is 10.5 Å². The van der Waals surface area contributed by atoms with E-state index in [1.165, 1.54) is 0 Å². The zero-order valence-corrected chi connectivity index (χ0v) is 12.4. The fourth-order valence-electron chi connectivity index (χ4n) is 2.93. The lowest BCUT2D eigenvalue weighted by atomic mass is 9.73. The Kier molecular flexibility index (Phi) is 4.76. The normalized spacial score (nSPS) is 26.2. The minimum Gasteiger partial charge on any atom is -0.492 e. The number of Topliss-reactive ketones (excluding diaryl/α,β-unsaturated/α-hetero) is 1. The fourth-order valence-corrected chi connectivity index (χ4v) is 2.93. The first-order valence-electron chi connectivity index (χ1n) is 7.46. The third-order valence-electron chi connectivity index (χ3n) is 3.93. The van der Waals surface area contributed by atoms with E-state index in [1.54, 1.807) is 18.5 Å². The molecule has 0 amide bonds. The Morgan fingerprint density at radius 2 is 2.35 bits per heavy atom. The summed E-state index contributed by atoms with van der Waals surface area (Å²) >= 11 is 0. The van der Waals surface area contributed by atoms with Gasteiger partial charge in [-0.1, -0.05) is 26.7 Å². The summed E-state index contributed by atoms with van der Waals surface area (Å²) in [4.78, 5) is 16.8. The van der Waals surface area contributed by atoms with Crippen LogP contribution in [0.15, 0.2) is 18.5 Å². The van der Waals surface area contributed by atoms with Crippen LogP contribution in [0.25, 0.3) is 0 Å². The van der Waals surface area contributed by atoms with Crippen LogP contribution in [-0.4, -0.2) is 22.9 Å². The van der Waals surface area contributed by atoms with E-state index in [0.717, 1.165) is 32.1 Å². The number of aromatic nitrogens is 1. The number of ketones is 1. The maximum Gasteiger partial charge on any atom is 0.184 e. The van der Waals surface area contributed by atoms with E-state index in [2.05, 4.69) is 11.9 Å². The Hall–Kier alpha value is -1.42. The second-order valence-electron chi connectivity index (χ2n) is 5.94. The molecular weight excluding hydrogens is 252 g/mol. The second kappa shape index (κ2) is 6.35. The summed E-state index contributed by atoms with van der Waals surface area (Å²) in [6, 6.07) is 1.76. The molecule has 2 atom stereocenters. The van der Waals surface area contributed by atoms with Crippen molar-refractivity contribution >= 4 is 5.78 Å². The van der Waals surface area contributed by atoms with Gasteiger partial charge in [0.15, 0.2) is 5.78 Å². The predicted molar refractivity (Wildman–Crippen MR) is 78.9 cm³/mol. The molecule has 4 nitrogen and oxygen atoms in total. The quantitative estimate of drug-likeness (QED) is 0.840. The van der Waals surface area contributed by atoms with Crippen LogP contribution in [-0.2, 0) is 0 Å². The van der Waals surface area contributed by atoms with E-state index in [4.69, 9.17) is 10.5 Å². The Balaban J connectivity index is 2.15. The van der Waals surface area contributed by atoms with Gasteiger partial charge in [-0.25, -0.2) is 0 Å². The van der Waals surface area contributed by atoms with Gasteiger partial charge in [-0.05, 0) is 31.2 Å². The van der Waals surface area contributed by atoms with Gasteiger partial charge in [-0.2, -0.15) is 0 Å². The van der Waals surface area contributed by atoms with Crippen LogP contribution in [0.3, 0.4) is 0 Å². The summed E-state index contributed by atoms with van der Waals surface area (Å²) in [5.41, 5.74) is 6.19. The van der Waals surface area contributed by atoms with Crippen LogP contribution in [0.2, 0.25) is 0 Å². The summed E-state index contributed by atoms with van der Waals surface area (Å²) in [6.45, 7) is 4.83. The second-order valence-corrected chi connectivity index (χ2v) is 5.94. The van der Waals surface area contributed by atoms with Crippen molar-refractivity contribution in [2.75, 3.05) is 6.61 Å². The molecule has 1 fully saturated rings. The number of hydrogen-bond acceptors (Lipinski definition) is 4.